The van der Waals surface area contributed by atoms with Crippen LogP contribution in [0.3, 0.4) is 0 Å². The van der Waals surface area contributed by atoms with Crippen LogP contribution in [0.4, 0.5) is 0 Å². The molecule has 0 amide bonds. The van der Waals surface area contributed by atoms with Gasteiger partial charge in [0.2, 0.25) is 0 Å². The number of aryl methyl sites for hydroxylation is 1. The molecule has 1 heterocycles. The minimum Gasteiger partial charge on any atom is -0.497 e. The Kier molecular flexibility index (Phi) is 4.76. The number of aromatic nitrogens is 2. The van der Waals surface area contributed by atoms with E-state index in [1.54, 1.807) is 11.8 Å². The maximum absolute atomic E-state index is 10.2. The number of benzene rings is 1. The summed E-state index contributed by atoms with van der Waals surface area (Å²) in [6.45, 7) is 1.34. The summed E-state index contributed by atoms with van der Waals surface area (Å²) < 4.78 is 6.89. The summed E-state index contributed by atoms with van der Waals surface area (Å²) >= 11 is 0. The molecular formula is C15H21N3O2. The van der Waals surface area contributed by atoms with E-state index < -0.39 is 6.10 Å². The van der Waals surface area contributed by atoms with Crippen molar-refractivity contribution in [1.29, 1.82) is 0 Å². The zero-order valence-corrected chi connectivity index (χ0v) is 12.2. The zero-order chi connectivity index (χ0) is 14.5. The minimum absolute atomic E-state index is 0.512. The van der Waals surface area contributed by atoms with Crippen molar-refractivity contribution in [2.75, 3.05) is 20.7 Å². The van der Waals surface area contributed by atoms with Crippen LogP contribution in [0.5, 0.6) is 5.75 Å². The molecule has 2 aromatic rings. The second-order valence-corrected chi connectivity index (χ2v) is 5.01. The summed E-state index contributed by atoms with van der Waals surface area (Å²) in [6, 6.07) is 7.50. The number of methoxy groups -OCH3 is 1. The Balaban J connectivity index is 1.90. The zero-order valence-electron chi connectivity index (χ0n) is 12.2. The van der Waals surface area contributed by atoms with Gasteiger partial charge in [-0.2, -0.15) is 5.10 Å². The summed E-state index contributed by atoms with van der Waals surface area (Å²) in [7, 11) is 5.52. The van der Waals surface area contributed by atoms with Crippen LogP contribution in [-0.4, -0.2) is 40.5 Å². The molecule has 1 N–H and O–H groups in total. The molecule has 0 radical (unpaired) electrons. The van der Waals surface area contributed by atoms with Crippen LogP contribution < -0.4 is 4.74 Å². The highest BCUT2D eigenvalue weighted by Crippen LogP contribution is 2.18. The Bertz CT molecular complexity index is 536. The van der Waals surface area contributed by atoms with Gasteiger partial charge in [0.15, 0.2) is 0 Å². The second kappa shape index (κ2) is 6.54. The molecule has 108 valence electrons. The number of likely N-dealkylation sites (N-methyl/N-ethyl adjacent to an activating group) is 1. The van der Waals surface area contributed by atoms with Crippen molar-refractivity contribution in [3.8, 4) is 5.75 Å². The van der Waals surface area contributed by atoms with E-state index in [1.165, 1.54) is 0 Å². The van der Waals surface area contributed by atoms with E-state index in [-0.39, 0.29) is 0 Å². The molecule has 0 saturated carbocycles. The molecule has 5 nitrogen and oxygen atoms in total. The molecule has 2 rings (SSSR count). The Labute approximate surface area is 119 Å². The van der Waals surface area contributed by atoms with Gasteiger partial charge in [0.1, 0.15) is 5.75 Å². The van der Waals surface area contributed by atoms with Gasteiger partial charge < -0.3 is 9.84 Å². The molecule has 0 bridgehead atoms. The van der Waals surface area contributed by atoms with Crippen LogP contribution >= 0.6 is 0 Å². The van der Waals surface area contributed by atoms with Gasteiger partial charge in [-0.15, -0.1) is 0 Å². The molecule has 1 unspecified atom stereocenters. The smallest absolute Gasteiger partial charge is 0.118 e. The van der Waals surface area contributed by atoms with E-state index in [1.807, 2.05) is 50.8 Å². The number of hydrogen-bond donors (Lipinski definition) is 1. The topological polar surface area (TPSA) is 50.5 Å². The van der Waals surface area contributed by atoms with Gasteiger partial charge >= 0.3 is 0 Å². The largest absolute Gasteiger partial charge is 0.497 e. The van der Waals surface area contributed by atoms with E-state index in [0.29, 0.717) is 6.54 Å². The van der Waals surface area contributed by atoms with Crippen molar-refractivity contribution >= 4 is 0 Å². The van der Waals surface area contributed by atoms with Crippen LogP contribution in [0.15, 0.2) is 36.7 Å². The minimum atomic E-state index is -0.512. The maximum atomic E-state index is 10.2. The summed E-state index contributed by atoms with van der Waals surface area (Å²) in [4.78, 5) is 2.08. The predicted molar refractivity (Wildman–Crippen MR) is 77.5 cm³/mol. The Morgan fingerprint density at radius 3 is 2.60 bits per heavy atom. The van der Waals surface area contributed by atoms with E-state index in [2.05, 4.69) is 10.00 Å². The lowest BCUT2D eigenvalue weighted by molar-refractivity contribution is 0.124. The molecule has 0 fully saturated rings. The molecule has 0 aliphatic rings. The highest BCUT2D eigenvalue weighted by atomic mass is 16.5. The monoisotopic (exact) mass is 275 g/mol. The van der Waals surface area contributed by atoms with Crippen LogP contribution in [0.1, 0.15) is 17.2 Å². The highest BCUT2D eigenvalue weighted by Gasteiger charge is 2.11. The van der Waals surface area contributed by atoms with Crippen LogP contribution in [0.25, 0.3) is 0 Å². The van der Waals surface area contributed by atoms with Crippen molar-refractivity contribution < 1.29 is 9.84 Å². The summed E-state index contributed by atoms with van der Waals surface area (Å²) in [5.74, 6) is 0.796. The molecule has 0 aliphatic heterocycles. The van der Waals surface area contributed by atoms with Gasteiger partial charge in [-0.1, -0.05) is 12.1 Å². The first-order chi connectivity index (χ1) is 9.58. The van der Waals surface area contributed by atoms with Crippen molar-refractivity contribution in [3.63, 3.8) is 0 Å². The van der Waals surface area contributed by atoms with Crippen LogP contribution in [0.2, 0.25) is 0 Å². The van der Waals surface area contributed by atoms with Gasteiger partial charge in [-0.3, -0.25) is 9.58 Å². The molecule has 5 heteroatoms. The number of ether oxygens (including phenoxy) is 1. The van der Waals surface area contributed by atoms with Gasteiger partial charge in [0.25, 0.3) is 0 Å². The first-order valence-electron chi connectivity index (χ1n) is 6.56. The van der Waals surface area contributed by atoms with E-state index in [9.17, 15) is 5.11 Å². The molecule has 1 aromatic carbocycles. The lowest BCUT2D eigenvalue weighted by atomic mass is 10.1. The summed E-state index contributed by atoms with van der Waals surface area (Å²) in [6.07, 6.45) is 3.31. The first kappa shape index (κ1) is 14.6. The average Bonchev–Trinajstić information content (AvgIpc) is 2.84. The number of hydrogen-bond acceptors (Lipinski definition) is 4. The number of aliphatic hydroxyl groups is 1. The lowest BCUT2D eigenvalue weighted by Crippen LogP contribution is -2.24. The summed E-state index contributed by atoms with van der Waals surface area (Å²) in [5.41, 5.74) is 2.03. The molecule has 1 aromatic heterocycles. The Hall–Kier alpha value is -1.85. The van der Waals surface area contributed by atoms with Crippen molar-refractivity contribution in [2.45, 2.75) is 12.6 Å². The fraction of sp³-hybridized carbons (Fsp3) is 0.400. The number of rotatable bonds is 6. The lowest BCUT2D eigenvalue weighted by Gasteiger charge is -2.20. The Morgan fingerprint density at radius 1 is 1.35 bits per heavy atom. The Morgan fingerprint density at radius 2 is 2.05 bits per heavy atom. The molecule has 20 heavy (non-hydrogen) atoms. The van der Waals surface area contributed by atoms with Gasteiger partial charge in [-0.25, -0.2) is 0 Å². The molecular weight excluding hydrogens is 254 g/mol. The van der Waals surface area contributed by atoms with Crippen molar-refractivity contribution in [1.82, 2.24) is 14.7 Å². The van der Waals surface area contributed by atoms with Gasteiger partial charge in [0.05, 0.1) is 19.4 Å². The number of aliphatic hydroxyl groups excluding tert-OH is 1. The summed E-state index contributed by atoms with van der Waals surface area (Å²) in [5, 5.41) is 14.4. The highest BCUT2D eigenvalue weighted by molar-refractivity contribution is 5.28. The van der Waals surface area contributed by atoms with Gasteiger partial charge in [0, 0.05) is 31.9 Å². The van der Waals surface area contributed by atoms with Crippen molar-refractivity contribution in [2.24, 2.45) is 7.05 Å². The second-order valence-electron chi connectivity index (χ2n) is 5.01. The van der Waals surface area contributed by atoms with Crippen LogP contribution in [-0.2, 0) is 13.6 Å². The van der Waals surface area contributed by atoms with Crippen LogP contribution in [0, 0.1) is 0 Å². The molecule has 1 atom stereocenters. The SMILES string of the molecule is COc1ccc(C(O)CN(C)Cc2cnn(C)c2)cc1. The number of nitrogens with zero attached hydrogens (tertiary/aromatic N) is 3. The van der Waals surface area contributed by atoms with E-state index >= 15 is 0 Å². The van der Waals surface area contributed by atoms with Gasteiger partial charge in [-0.05, 0) is 24.7 Å². The standard InChI is InChI=1S/C15H21N3O2/c1-17(9-12-8-16-18(2)10-12)11-15(19)13-4-6-14(20-3)7-5-13/h4-8,10,15,19H,9,11H2,1-3H3. The third-order valence-corrected chi connectivity index (χ3v) is 3.20. The maximum Gasteiger partial charge on any atom is 0.118 e. The molecule has 0 saturated heterocycles. The van der Waals surface area contributed by atoms with E-state index in [0.717, 1.165) is 23.4 Å². The van der Waals surface area contributed by atoms with E-state index in [4.69, 9.17) is 4.74 Å². The molecule has 0 aliphatic carbocycles. The fourth-order valence-corrected chi connectivity index (χ4v) is 2.16. The van der Waals surface area contributed by atoms with Crippen molar-refractivity contribution in [3.05, 3.63) is 47.8 Å². The third-order valence-electron chi connectivity index (χ3n) is 3.20. The third kappa shape index (κ3) is 3.82. The average molecular weight is 275 g/mol. The fourth-order valence-electron chi connectivity index (χ4n) is 2.16. The predicted octanol–water partition coefficient (Wildman–Crippen LogP) is 1.59. The quantitative estimate of drug-likeness (QED) is 0.870. The normalized spacial score (nSPS) is 12.7. The molecule has 0 spiro atoms. The first-order valence-corrected chi connectivity index (χ1v) is 6.56.